The third kappa shape index (κ3) is 23.1. The molecule has 4 aliphatic heterocycles. The Bertz CT molecular complexity index is 3320. The second kappa shape index (κ2) is 42.1. The number of benzene rings is 1. The third-order valence-electron chi connectivity index (χ3n) is 17.8. The average Bonchev–Trinajstić information content (AvgIpc) is 0.724. The van der Waals surface area contributed by atoms with E-state index in [1.807, 2.05) is 36.4 Å². The van der Waals surface area contributed by atoms with Gasteiger partial charge in [0.1, 0.15) is 36.6 Å². The number of thioether (sulfide) groups is 1. The maximum atomic E-state index is 14.6. The minimum Gasteiger partial charge on any atom is -0.492 e. The van der Waals surface area contributed by atoms with Crippen molar-refractivity contribution in [2.24, 2.45) is 5.73 Å². The number of ketones is 1. The van der Waals surface area contributed by atoms with Crippen LogP contribution in [0.5, 0.6) is 17.2 Å². The molecule has 7 rings (SSSR count). The summed E-state index contributed by atoms with van der Waals surface area (Å²) in [6.45, 7) is 14.0. The number of aliphatic hydroxyl groups is 6. The molecule has 6 aliphatic rings. The second-order valence-corrected chi connectivity index (χ2v) is 30.8. The Labute approximate surface area is 636 Å². The number of methoxy groups -OCH3 is 5. The fourth-order valence-corrected chi connectivity index (χ4v) is 16.6. The van der Waals surface area contributed by atoms with E-state index < -0.39 is 143 Å². The number of allylic oxidation sites excluding steroid dienone is 3. The third-order valence-corrected chi connectivity index (χ3v) is 23.6. The lowest BCUT2D eigenvalue weighted by Gasteiger charge is -2.47. The number of halogens is 1. The van der Waals surface area contributed by atoms with Crippen molar-refractivity contribution >= 4 is 84.7 Å². The predicted octanol–water partition coefficient (Wildman–Crippen LogP) is 1.44. The molecular weight excluding hydrogens is 1550 g/mol. The molecule has 3 amide bonds. The molecule has 0 radical (unpaired) electrons. The van der Waals surface area contributed by atoms with E-state index in [1.165, 1.54) is 67.1 Å². The molecule has 0 aromatic heterocycles. The maximum Gasteiger partial charge on any atom is 0.411 e. The zero-order valence-electron chi connectivity index (χ0n) is 60.8. The highest BCUT2D eigenvalue weighted by Gasteiger charge is 2.53. The van der Waals surface area contributed by atoms with Gasteiger partial charge in [-0.3, -0.25) is 29.3 Å². The molecule has 4 saturated heterocycles. The van der Waals surface area contributed by atoms with Crippen molar-refractivity contribution in [2.75, 3.05) is 114 Å². The van der Waals surface area contributed by atoms with Crippen LogP contribution in [0.3, 0.4) is 0 Å². The van der Waals surface area contributed by atoms with Gasteiger partial charge in [-0.05, 0) is 88.8 Å². The van der Waals surface area contributed by atoms with Gasteiger partial charge in [-0.15, -0.1) is 0 Å². The number of rotatable bonds is 36. The van der Waals surface area contributed by atoms with Gasteiger partial charge in [0.15, 0.2) is 41.8 Å². The molecule has 4 fully saturated rings. The van der Waals surface area contributed by atoms with Crippen LogP contribution in [0.15, 0.2) is 35.1 Å². The number of carbonyl (C=O) groups is 5. The SMILES string of the molecule is CCN(C(=O)CN)C1COC(OC2C(O[C@H]3C#C/C=C\C#C[C@]4(O)CC(=O)C(NC(=O)OC)=C3/C4=C\CSSC(C)(C)CC(=O)NCCOCCOCCOCCO)OC(C)C(NOC3CC(O)C(SC(=O)c4c(C)c(I)c(OC5OC(C)C(O)C(OC)C5O)c(OC)c4OC)C(C)O3)C2O)CC1OC. The number of hydroxylamine groups is 1. The van der Waals surface area contributed by atoms with Gasteiger partial charge >= 0.3 is 6.09 Å². The number of likely N-dealkylation sites (N-methyl/N-ethyl adjacent to an activating group) is 1. The Morgan fingerprint density at radius 3 is 2.17 bits per heavy atom. The molecule has 1 aromatic carbocycles. The van der Waals surface area contributed by atoms with E-state index in [2.05, 4.69) is 39.8 Å². The second-order valence-electron chi connectivity index (χ2n) is 25.6. The highest BCUT2D eigenvalue weighted by atomic mass is 127. The number of nitrogens with zero attached hydrogens (tertiary/aromatic N) is 1. The summed E-state index contributed by atoms with van der Waals surface area (Å²) in [6.07, 6.45) is -15.9. The number of amides is 3. The number of nitrogens with two attached hydrogens (primary N) is 1. The summed E-state index contributed by atoms with van der Waals surface area (Å²) < 4.78 is 88.7. The molecule has 0 saturated carbocycles. The summed E-state index contributed by atoms with van der Waals surface area (Å²) in [5.74, 6) is 10.3. The van der Waals surface area contributed by atoms with E-state index in [1.54, 1.807) is 40.7 Å². The first-order valence-electron chi connectivity index (χ1n) is 34.2. The molecule has 1 aromatic rings. The van der Waals surface area contributed by atoms with Crippen LogP contribution in [0, 0.1) is 34.2 Å². The Morgan fingerprint density at radius 2 is 1.52 bits per heavy atom. The van der Waals surface area contributed by atoms with E-state index in [9.17, 15) is 49.5 Å². The quantitative estimate of drug-likeness (QED) is 0.0149. The van der Waals surface area contributed by atoms with Gasteiger partial charge in [0.05, 0.1) is 150 Å². The lowest BCUT2D eigenvalue weighted by Crippen LogP contribution is -2.65. The van der Waals surface area contributed by atoms with E-state index in [0.717, 1.165) is 18.9 Å². The fraction of sp³-hybridized carbons (Fsp3) is 0.696. The number of alkyl carbamates (subject to hydrolysis) is 1. The molecule has 0 spiro atoms. The topological polar surface area (TPSA) is 420 Å². The van der Waals surface area contributed by atoms with Crippen molar-refractivity contribution in [3.05, 3.63) is 49.8 Å². The molecule has 17 unspecified atom stereocenters. The van der Waals surface area contributed by atoms with Crippen molar-refractivity contribution in [1.82, 2.24) is 21.0 Å². The van der Waals surface area contributed by atoms with E-state index in [4.69, 9.17) is 86.7 Å². The monoisotopic (exact) mass is 1650 g/mol. The largest absolute Gasteiger partial charge is 0.492 e. The zero-order valence-corrected chi connectivity index (χ0v) is 65.4. The van der Waals surface area contributed by atoms with Crippen LogP contribution in [-0.4, -0.2) is 298 Å². The minimum absolute atomic E-state index is 0.00239. The fourth-order valence-electron chi connectivity index (χ4n) is 12.5. The number of ether oxygens (including phenoxy) is 15. The molecule has 4 heterocycles. The van der Waals surface area contributed by atoms with Gasteiger partial charge in [0.2, 0.25) is 29.0 Å². The lowest BCUT2D eigenvalue weighted by atomic mass is 9.75. The van der Waals surface area contributed by atoms with Crippen LogP contribution in [-0.2, 0) is 76.1 Å². The lowest BCUT2D eigenvalue weighted by molar-refractivity contribution is -0.337. The minimum atomic E-state index is -2.22. The summed E-state index contributed by atoms with van der Waals surface area (Å²) >= 11 is 2.78. The number of hydrogen-bond donors (Lipinski definition) is 10. The first kappa shape index (κ1) is 87.7. The number of hydrogen-bond acceptors (Lipinski definition) is 32. The van der Waals surface area contributed by atoms with Crippen molar-refractivity contribution in [3.8, 4) is 40.9 Å². The summed E-state index contributed by atoms with van der Waals surface area (Å²) in [7, 11) is 9.31. The highest BCUT2D eigenvalue weighted by molar-refractivity contribution is 14.1. The number of carbonyl (C=O) groups excluding carboxylic acids is 5. The van der Waals surface area contributed by atoms with Gasteiger partial charge in [-0.1, -0.05) is 63.1 Å². The zero-order chi connectivity index (χ0) is 76.9. The van der Waals surface area contributed by atoms with Crippen molar-refractivity contribution in [3.63, 3.8) is 0 Å². The summed E-state index contributed by atoms with van der Waals surface area (Å²) in [5, 5.41) is 71.8. The summed E-state index contributed by atoms with van der Waals surface area (Å²) in [5.41, 5.74) is 6.51. The molecular formula is C69H100IN5O27S3. The Morgan fingerprint density at radius 1 is 0.838 bits per heavy atom. The van der Waals surface area contributed by atoms with Gasteiger partial charge in [-0.2, -0.15) is 5.48 Å². The summed E-state index contributed by atoms with van der Waals surface area (Å²) in [4.78, 5) is 76.2. The van der Waals surface area contributed by atoms with Crippen LogP contribution >= 0.6 is 55.9 Å². The maximum absolute atomic E-state index is 14.6. The smallest absolute Gasteiger partial charge is 0.411 e. The van der Waals surface area contributed by atoms with E-state index in [0.29, 0.717) is 35.6 Å². The normalized spacial score (nSPS) is 31.2. The van der Waals surface area contributed by atoms with Crippen LogP contribution in [0.25, 0.3) is 0 Å². The summed E-state index contributed by atoms with van der Waals surface area (Å²) in [6, 6.07) is -1.80. The van der Waals surface area contributed by atoms with Gasteiger partial charge in [0, 0.05) is 68.2 Å². The number of aliphatic hydroxyl groups excluding tert-OH is 5. The Balaban J connectivity index is 1.11. The Hall–Kier alpha value is -4.51. The van der Waals surface area contributed by atoms with Gasteiger partial charge < -0.3 is 118 Å². The molecule has 105 heavy (non-hydrogen) atoms. The van der Waals surface area contributed by atoms with Gasteiger partial charge in [-0.25, -0.2) is 4.79 Å². The first-order valence-corrected chi connectivity index (χ1v) is 38.5. The van der Waals surface area contributed by atoms with Gasteiger partial charge in [0.25, 0.3) is 0 Å². The van der Waals surface area contributed by atoms with Crippen molar-refractivity contribution in [2.45, 2.75) is 194 Å². The van der Waals surface area contributed by atoms with Crippen LogP contribution in [0.1, 0.15) is 83.1 Å². The van der Waals surface area contributed by atoms with Crippen LogP contribution < -0.4 is 36.1 Å². The molecule has 2 aliphatic carbocycles. The highest BCUT2D eigenvalue weighted by Crippen LogP contribution is 2.49. The molecule has 588 valence electrons. The standard InChI is InChI=1S/C69H100IN5O27S3/c1-13-75(47(80)34-71)41-35-95-48(31-45(41)87-8)100-61-56(82)53(74-102-49-30-42(77)63(39(5)96-49)104-64(84)50-36(2)52(70)59(62(90-11)58(50)88-9)101-65-57(83)60(89-10)55(81)38(4)98-65)37(3)97-66(61)99-44-18-16-14-15-17-20-69(86)32-43(78)54(73-67(85)91-12)51(44)40(69)19-29-103-105-68(6,7)33-46(79)72-21-23-92-25-27-94-28-26-93-24-22-76/h14-15,19,37-39,41-42,44-45,48-49,53,55-57,60-61,63,65-66,74,76-77,81-83,86H,13,21-35,71H2,1-12H3,(H,72,79)(H,73,85)/b15-14-,40-19+/t37?,38?,39?,41?,42?,44-,45?,48?,49?,53?,55?,56?,57?,60?,61?,63?,65?,66?,69-/m0/s1. The molecule has 2 bridgehead atoms. The van der Waals surface area contributed by atoms with Crippen molar-refractivity contribution < 1.29 is 131 Å². The van der Waals surface area contributed by atoms with Crippen LogP contribution in [0.4, 0.5) is 4.79 Å². The molecule has 32 nitrogen and oxygen atoms in total. The molecule has 11 N–H and O–H groups in total. The predicted molar refractivity (Wildman–Crippen MR) is 390 cm³/mol. The molecule has 36 heteroatoms. The number of Topliss-reactive ketones (excluding diaryl/α,β-unsaturated/α-hetero) is 1. The Kier molecular flexibility index (Phi) is 35.1. The van der Waals surface area contributed by atoms with Crippen LogP contribution in [0.2, 0.25) is 0 Å². The van der Waals surface area contributed by atoms with E-state index >= 15 is 0 Å². The number of nitrogens with one attached hydrogen (secondary N) is 3. The molecule has 19 atom stereocenters. The average molecular weight is 1650 g/mol. The van der Waals surface area contributed by atoms with Crippen molar-refractivity contribution in [1.29, 1.82) is 0 Å². The first-order chi connectivity index (χ1) is 50.1. The number of fused-ring (bicyclic) bond motifs is 2. The van der Waals surface area contributed by atoms with E-state index in [-0.39, 0.29) is 123 Å².